The van der Waals surface area contributed by atoms with E-state index in [1.54, 1.807) is 12.1 Å². The minimum absolute atomic E-state index is 0.379. The molecule has 0 saturated heterocycles. The van der Waals surface area contributed by atoms with Crippen LogP contribution in [-0.2, 0) is 6.42 Å². The zero-order valence-electron chi connectivity index (χ0n) is 9.42. The number of hydrogen-bond acceptors (Lipinski definition) is 2. The summed E-state index contributed by atoms with van der Waals surface area (Å²) in [5.74, 6) is -0.858. The molecule has 3 heteroatoms. The summed E-state index contributed by atoms with van der Waals surface area (Å²) in [6.07, 6.45) is 0.865. The van der Waals surface area contributed by atoms with Crippen molar-refractivity contribution >= 4 is 5.97 Å². The van der Waals surface area contributed by atoms with E-state index in [0.29, 0.717) is 5.56 Å². The van der Waals surface area contributed by atoms with Crippen molar-refractivity contribution in [2.45, 2.75) is 20.3 Å². The van der Waals surface area contributed by atoms with Gasteiger partial charge in [0.15, 0.2) is 0 Å². The van der Waals surface area contributed by atoms with Crippen LogP contribution in [0, 0.1) is 13.8 Å². The smallest absolute Gasteiger partial charge is 0.335 e. The summed E-state index contributed by atoms with van der Waals surface area (Å²) in [5, 5.41) is 12.0. The molecule has 0 saturated carbocycles. The van der Waals surface area contributed by atoms with Gasteiger partial charge in [0.2, 0.25) is 0 Å². The average Bonchev–Trinajstić information content (AvgIpc) is 2.19. The molecule has 2 N–H and O–H groups in total. The van der Waals surface area contributed by atoms with Crippen LogP contribution in [0.4, 0.5) is 0 Å². The Morgan fingerprint density at radius 2 is 2.07 bits per heavy atom. The highest BCUT2D eigenvalue weighted by Crippen LogP contribution is 2.16. The molecule has 0 aliphatic heterocycles. The second-order valence-corrected chi connectivity index (χ2v) is 3.74. The minimum Gasteiger partial charge on any atom is -0.478 e. The summed E-state index contributed by atoms with van der Waals surface area (Å²) in [6, 6.07) is 3.49. The van der Waals surface area contributed by atoms with Gasteiger partial charge in [-0.15, -0.1) is 0 Å². The van der Waals surface area contributed by atoms with Crippen LogP contribution in [0.25, 0.3) is 0 Å². The van der Waals surface area contributed by atoms with Crippen LogP contribution >= 0.6 is 0 Å². The van der Waals surface area contributed by atoms with Gasteiger partial charge in [-0.3, -0.25) is 0 Å². The van der Waals surface area contributed by atoms with Gasteiger partial charge in [-0.25, -0.2) is 4.79 Å². The number of hydrogen-bond donors (Lipinski definition) is 2. The van der Waals surface area contributed by atoms with Gasteiger partial charge in [-0.1, -0.05) is 0 Å². The van der Waals surface area contributed by atoms with Crippen molar-refractivity contribution in [1.82, 2.24) is 5.32 Å². The Morgan fingerprint density at radius 3 is 2.60 bits per heavy atom. The van der Waals surface area contributed by atoms with E-state index >= 15 is 0 Å². The standard InChI is InChI=1S/C12H17NO2/c1-8-6-11(12(14)15)7-10(9(8)2)4-5-13-3/h6-7,13H,4-5H2,1-3H3,(H,14,15). The molecule has 0 aliphatic carbocycles. The van der Waals surface area contributed by atoms with Crippen molar-refractivity contribution < 1.29 is 9.90 Å². The lowest BCUT2D eigenvalue weighted by molar-refractivity contribution is 0.0696. The first-order valence-electron chi connectivity index (χ1n) is 5.04. The van der Waals surface area contributed by atoms with Crippen LogP contribution < -0.4 is 5.32 Å². The van der Waals surface area contributed by atoms with Crippen LogP contribution in [0.1, 0.15) is 27.0 Å². The van der Waals surface area contributed by atoms with Gasteiger partial charge in [-0.2, -0.15) is 0 Å². The Labute approximate surface area is 90.1 Å². The molecule has 0 atom stereocenters. The highest BCUT2D eigenvalue weighted by molar-refractivity contribution is 5.88. The van der Waals surface area contributed by atoms with E-state index in [2.05, 4.69) is 5.32 Å². The predicted octanol–water partition coefficient (Wildman–Crippen LogP) is 1.76. The maximum absolute atomic E-state index is 10.9. The molecule has 0 fully saturated rings. The highest BCUT2D eigenvalue weighted by Gasteiger charge is 2.08. The average molecular weight is 207 g/mol. The van der Waals surface area contributed by atoms with Crippen molar-refractivity contribution in [3.8, 4) is 0 Å². The Kier molecular flexibility index (Phi) is 3.86. The molecular weight excluding hydrogens is 190 g/mol. The molecule has 0 aliphatic rings. The van der Waals surface area contributed by atoms with E-state index in [1.165, 1.54) is 5.56 Å². The van der Waals surface area contributed by atoms with E-state index in [0.717, 1.165) is 24.1 Å². The third kappa shape index (κ3) is 2.80. The molecule has 15 heavy (non-hydrogen) atoms. The number of aromatic carboxylic acids is 1. The summed E-state index contributed by atoms with van der Waals surface area (Å²) < 4.78 is 0. The third-order valence-electron chi connectivity index (χ3n) is 2.67. The summed E-state index contributed by atoms with van der Waals surface area (Å²) >= 11 is 0. The van der Waals surface area contributed by atoms with Gasteiger partial charge in [0.05, 0.1) is 5.56 Å². The lowest BCUT2D eigenvalue weighted by Crippen LogP contribution is -2.12. The Hall–Kier alpha value is -1.35. The fraction of sp³-hybridized carbons (Fsp3) is 0.417. The molecule has 1 aromatic carbocycles. The lowest BCUT2D eigenvalue weighted by atomic mass is 9.97. The van der Waals surface area contributed by atoms with Gasteiger partial charge in [0.1, 0.15) is 0 Å². The number of carboxylic acid groups (broad SMARTS) is 1. The number of benzene rings is 1. The van der Waals surface area contributed by atoms with Crippen LogP contribution in [0.3, 0.4) is 0 Å². The van der Waals surface area contributed by atoms with E-state index in [9.17, 15) is 4.79 Å². The van der Waals surface area contributed by atoms with E-state index < -0.39 is 5.97 Å². The quantitative estimate of drug-likeness (QED) is 0.791. The first-order valence-corrected chi connectivity index (χ1v) is 5.04. The molecule has 1 aromatic rings. The zero-order chi connectivity index (χ0) is 11.4. The normalized spacial score (nSPS) is 10.3. The lowest BCUT2D eigenvalue weighted by Gasteiger charge is -2.10. The Morgan fingerprint density at radius 1 is 1.40 bits per heavy atom. The number of carboxylic acids is 1. The van der Waals surface area contributed by atoms with Crippen molar-refractivity contribution in [2.75, 3.05) is 13.6 Å². The molecule has 82 valence electrons. The Bertz CT molecular complexity index is 372. The van der Waals surface area contributed by atoms with Gasteiger partial charge < -0.3 is 10.4 Å². The zero-order valence-corrected chi connectivity index (χ0v) is 9.42. The fourth-order valence-electron chi connectivity index (χ4n) is 1.58. The number of carbonyl (C=O) groups is 1. The molecule has 0 unspecified atom stereocenters. The van der Waals surface area contributed by atoms with Crippen LogP contribution in [0.2, 0.25) is 0 Å². The van der Waals surface area contributed by atoms with E-state index in [4.69, 9.17) is 5.11 Å². The van der Waals surface area contributed by atoms with Crippen molar-refractivity contribution in [3.05, 3.63) is 34.4 Å². The summed E-state index contributed by atoms with van der Waals surface area (Å²) in [5.41, 5.74) is 3.72. The van der Waals surface area contributed by atoms with Gasteiger partial charge >= 0.3 is 5.97 Å². The second kappa shape index (κ2) is 4.94. The molecule has 0 bridgehead atoms. The minimum atomic E-state index is -0.858. The molecule has 0 aromatic heterocycles. The number of nitrogens with one attached hydrogen (secondary N) is 1. The molecule has 3 nitrogen and oxygen atoms in total. The molecule has 0 amide bonds. The predicted molar refractivity (Wildman–Crippen MR) is 60.5 cm³/mol. The maximum atomic E-state index is 10.9. The van der Waals surface area contributed by atoms with E-state index in [1.807, 2.05) is 20.9 Å². The maximum Gasteiger partial charge on any atom is 0.335 e. The van der Waals surface area contributed by atoms with Crippen molar-refractivity contribution in [2.24, 2.45) is 0 Å². The van der Waals surface area contributed by atoms with E-state index in [-0.39, 0.29) is 0 Å². The summed E-state index contributed by atoms with van der Waals surface area (Å²) in [7, 11) is 1.89. The topological polar surface area (TPSA) is 49.3 Å². The van der Waals surface area contributed by atoms with Gasteiger partial charge in [-0.05, 0) is 62.7 Å². The number of likely N-dealkylation sites (N-methyl/N-ethyl adjacent to an activating group) is 1. The second-order valence-electron chi connectivity index (χ2n) is 3.74. The van der Waals surface area contributed by atoms with Crippen LogP contribution in [0.5, 0.6) is 0 Å². The van der Waals surface area contributed by atoms with Crippen LogP contribution in [-0.4, -0.2) is 24.7 Å². The summed E-state index contributed by atoms with van der Waals surface area (Å²) in [4.78, 5) is 10.9. The van der Waals surface area contributed by atoms with Gasteiger partial charge in [0, 0.05) is 0 Å². The monoisotopic (exact) mass is 207 g/mol. The van der Waals surface area contributed by atoms with Crippen molar-refractivity contribution in [3.63, 3.8) is 0 Å². The molecule has 0 spiro atoms. The fourth-order valence-corrected chi connectivity index (χ4v) is 1.58. The number of rotatable bonds is 4. The third-order valence-corrected chi connectivity index (χ3v) is 2.67. The van der Waals surface area contributed by atoms with Crippen molar-refractivity contribution in [1.29, 1.82) is 0 Å². The summed E-state index contributed by atoms with van der Waals surface area (Å²) in [6.45, 7) is 4.85. The molecule has 1 rings (SSSR count). The highest BCUT2D eigenvalue weighted by atomic mass is 16.4. The first kappa shape index (κ1) is 11.7. The SMILES string of the molecule is CNCCc1cc(C(=O)O)cc(C)c1C. The van der Waals surface area contributed by atoms with Gasteiger partial charge in [0.25, 0.3) is 0 Å². The first-order chi connectivity index (χ1) is 7.06. The number of aryl methyl sites for hydroxylation is 1. The Balaban J connectivity index is 3.07. The van der Waals surface area contributed by atoms with Crippen LogP contribution in [0.15, 0.2) is 12.1 Å². The molecular formula is C12H17NO2. The molecule has 0 heterocycles. The molecule has 0 radical (unpaired) electrons. The largest absolute Gasteiger partial charge is 0.478 e.